The van der Waals surface area contributed by atoms with Crippen molar-refractivity contribution in [3.05, 3.63) is 60.2 Å². The minimum Gasteiger partial charge on any atom is -0.497 e. The first-order valence-corrected chi connectivity index (χ1v) is 11.5. The summed E-state index contributed by atoms with van der Waals surface area (Å²) in [7, 11) is -2.13. The summed E-state index contributed by atoms with van der Waals surface area (Å²) < 4.78 is 31.2. The van der Waals surface area contributed by atoms with Crippen LogP contribution in [0.5, 0.6) is 5.75 Å². The van der Waals surface area contributed by atoms with Gasteiger partial charge in [-0.05, 0) is 49.1 Å². The Bertz CT molecular complexity index is 896. The van der Waals surface area contributed by atoms with Crippen LogP contribution in [0.4, 0.5) is 5.69 Å². The highest BCUT2D eigenvalue weighted by Gasteiger charge is 2.30. The summed E-state index contributed by atoms with van der Waals surface area (Å²) in [4.78, 5) is 13.1. The van der Waals surface area contributed by atoms with Crippen molar-refractivity contribution >= 4 is 21.6 Å². The van der Waals surface area contributed by atoms with E-state index < -0.39 is 16.1 Å². The molecule has 2 aromatic carbocycles. The average molecular weight is 419 g/mol. The van der Waals surface area contributed by atoms with E-state index in [1.165, 1.54) is 7.11 Å². The molecule has 0 bridgehead atoms. The number of hydrogen-bond acceptors (Lipinski definition) is 4. The molecule has 6 nitrogen and oxygen atoms in total. The molecule has 2 atom stereocenters. The summed E-state index contributed by atoms with van der Waals surface area (Å²) in [5, 5.41) is 3.04. The number of nitrogens with one attached hydrogen (secondary N) is 1. The number of hydrogen-bond donors (Lipinski definition) is 1. The van der Waals surface area contributed by atoms with E-state index in [1.54, 1.807) is 31.2 Å². The monoisotopic (exact) mass is 418 g/mol. The lowest BCUT2D eigenvalue weighted by Gasteiger charge is -2.30. The van der Waals surface area contributed by atoms with E-state index in [2.05, 4.69) is 19.2 Å². The molecule has 7 heteroatoms. The van der Waals surface area contributed by atoms with Crippen molar-refractivity contribution in [2.45, 2.75) is 39.3 Å². The van der Waals surface area contributed by atoms with Gasteiger partial charge in [0.05, 0.1) is 25.1 Å². The number of benzene rings is 2. The van der Waals surface area contributed by atoms with Gasteiger partial charge in [-0.2, -0.15) is 0 Å². The van der Waals surface area contributed by atoms with E-state index in [0.29, 0.717) is 17.4 Å². The van der Waals surface area contributed by atoms with Crippen LogP contribution >= 0.6 is 0 Å². The Labute approximate surface area is 173 Å². The van der Waals surface area contributed by atoms with Gasteiger partial charge in [0, 0.05) is 0 Å². The summed E-state index contributed by atoms with van der Waals surface area (Å²) in [6.07, 6.45) is 1.85. The number of rotatable bonds is 9. The molecule has 0 heterocycles. The maximum Gasteiger partial charge on any atom is 0.244 e. The van der Waals surface area contributed by atoms with Crippen LogP contribution in [0.3, 0.4) is 0 Å². The first kappa shape index (κ1) is 22.7. The van der Waals surface area contributed by atoms with Gasteiger partial charge in [-0.1, -0.05) is 44.2 Å². The number of nitrogens with zero attached hydrogens (tertiary/aromatic N) is 1. The van der Waals surface area contributed by atoms with E-state index in [1.807, 2.05) is 30.3 Å². The second-order valence-electron chi connectivity index (χ2n) is 7.53. The second-order valence-corrected chi connectivity index (χ2v) is 9.39. The number of sulfonamides is 1. The van der Waals surface area contributed by atoms with Crippen LogP contribution in [-0.2, 0) is 14.8 Å². The Morgan fingerprint density at radius 3 is 2.10 bits per heavy atom. The SMILES string of the molecule is COc1ccc(N([C@@H](C)C(=O)N[C@@H](CC(C)C)c2ccccc2)S(C)(=O)=O)cc1. The third-order valence-electron chi connectivity index (χ3n) is 4.64. The number of ether oxygens (including phenoxy) is 1. The zero-order valence-electron chi connectivity index (χ0n) is 17.6. The Hall–Kier alpha value is -2.54. The Morgan fingerprint density at radius 1 is 1.03 bits per heavy atom. The smallest absolute Gasteiger partial charge is 0.244 e. The summed E-state index contributed by atoms with van der Waals surface area (Å²) in [5.41, 5.74) is 1.41. The van der Waals surface area contributed by atoms with Crippen LogP contribution in [-0.4, -0.2) is 33.7 Å². The van der Waals surface area contributed by atoms with E-state index in [-0.39, 0.29) is 11.9 Å². The molecule has 1 N–H and O–H groups in total. The van der Waals surface area contributed by atoms with Gasteiger partial charge in [0.15, 0.2) is 0 Å². The van der Waals surface area contributed by atoms with Crippen molar-refractivity contribution in [3.63, 3.8) is 0 Å². The van der Waals surface area contributed by atoms with E-state index >= 15 is 0 Å². The zero-order chi connectivity index (χ0) is 21.6. The van der Waals surface area contributed by atoms with E-state index in [9.17, 15) is 13.2 Å². The molecule has 0 fully saturated rings. The van der Waals surface area contributed by atoms with Crippen molar-refractivity contribution < 1.29 is 17.9 Å². The van der Waals surface area contributed by atoms with Gasteiger partial charge >= 0.3 is 0 Å². The van der Waals surface area contributed by atoms with Gasteiger partial charge < -0.3 is 10.1 Å². The molecule has 0 aliphatic carbocycles. The molecule has 2 rings (SSSR count). The lowest BCUT2D eigenvalue weighted by molar-refractivity contribution is -0.122. The Kier molecular flexibility index (Phi) is 7.67. The molecular weight excluding hydrogens is 388 g/mol. The second kappa shape index (κ2) is 9.78. The molecule has 158 valence electrons. The maximum absolute atomic E-state index is 13.1. The summed E-state index contributed by atoms with van der Waals surface area (Å²) in [6, 6.07) is 15.2. The van der Waals surface area contributed by atoms with Gasteiger partial charge in [-0.25, -0.2) is 8.42 Å². The molecule has 0 aliphatic rings. The first-order chi connectivity index (χ1) is 13.6. The molecule has 2 aromatic rings. The van der Waals surface area contributed by atoms with Gasteiger partial charge in [0.25, 0.3) is 0 Å². The number of carbonyl (C=O) groups is 1. The largest absolute Gasteiger partial charge is 0.497 e. The zero-order valence-corrected chi connectivity index (χ0v) is 18.4. The molecule has 0 saturated heterocycles. The lowest BCUT2D eigenvalue weighted by atomic mass is 9.96. The Balaban J connectivity index is 2.29. The van der Waals surface area contributed by atoms with Crippen molar-refractivity contribution in [1.82, 2.24) is 5.32 Å². The van der Waals surface area contributed by atoms with Crippen molar-refractivity contribution in [3.8, 4) is 5.75 Å². The molecule has 0 aromatic heterocycles. The van der Waals surface area contributed by atoms with Crippen LogP contribution in [0.15, 0.2) is 54.6 Å². The molecule has 0 aliphatic heterocycles. The van der Waals surface area contributed by atoms with Crippen molar-refractivity contribution in [2.24, 2.45) is 5.92 Å². The average Bonchev–Trinajstić information content (AvgIpc) is 2.67. The van der Waals surface area contributed by atoms with E-state index in [4.69, 9.17) is 4.74 Å². The fourth-order valence-electron chi connectivity index (χ4n) is 3.27. The molecule has 0 saturated carbocycles. The summed E-state index contributed by atoms with van der Waals surface area (Å²) in [5.74, 6) is 0.629. The highest BCUT2D eigenvalue weighted by atomic mass is 32.2. The number of amides is 1. The lowest BCUT2D eigenvalue weighted by Crippen LogP contribution is -2.48. The number of anilines is 1. The molecule has 29 heavy (non-hydrogen) atoms. The van der Waals surface area contributed by atoms with Gasteiger partial charge in [-0.15, -0.1) is 0 Å². The predicted molar refractivity (Wildman–Crippen MR) is 117 cm³/mol. The molecule has 1 amide bonds. The third kappa shape index (κ3) is 6.22. The Morgan fingerprint density at radius 2 is 1.62 bits per heavy atom. The van der Waals surface area contributed by atoms with E-state index in [0.717, 1.165) is 22.5 Å². The minimum absolute atomic E-state index is 0.191. The van der Waals surface area contributed by atoms with Gasteiger partial charge in [-0.3, -0.25) is 9.10 Å². The van der Waals surface area contributed by atoms with Crippen LogP contribution in [0.1, 0.15) is 38.8 Å². The summed E-state index contributed by atoms with van der Waals surface area (Å²) in [6.45, 7) is 5.77. The van der Waals surface area contributed by atoms with Crippen molar-refractivity contribution in [2.75, 3.05) is 17.7 Å². The standard InChI is InChI=1S/C22H30N2O4S/c1-16(2)15-21(18-9-7-6-8-10-18)23-22(25)17(3)24(29(5,26)27)19-11-13-20(28-4)14-12-19/h6-14,16-17,21H,15H2,1-5H3,(H,23,25)/t17-,21-/m0/s1. The molecule has 0 spiro atoms. The molecule has 0 radical (unpaired) electrons. The van der Waals surface area contributed by atoms with Crippen LogP contribution < -0.4 is 14.4 Å². The quantitative estimate of drug-likeness (QED) is 0.673. The predicted octanol–water partition coefficient (Wildman–Crippen LogP) is 3.75. The fraction of sp³-hybridized carbons (Fsp3) is 0.409. The topological polar surface area (TPSA) is 75.7 Å². The molecular formula is C22H30N2O4S. The minimum atomic E-state index is -3.67. The first-order valence-electron chi connectivity index (χ1n) is 9.62. The van der Waals surface area contributed by atoms with Crippen LogP contribution in [0.2, 0.25) is 0 Å². The number of carbonyl (C=O) groups excluding carboxylic acids is 1. The maximum atomic E-state index is 13.1. The highest BCUT2D eigenvalue weighted by molar-refractivity contribution is 7.92. The highest BCUT2D eigenvalue weighted by Crippen LogP contribution is 2.25. The van der Waals surface area contributed by atoms with Gasteiger partial charge in [0.1, 0.15) is 11.8 Å². The van der Waals surface area contributed by atoms with Crippen LogP contribution in [0, 0.1) is 5.92 Å². The normalized spacial score (nSPS) is 13.6. The number of methoxy groups -OCH3 is 1. The molecule has 0 unspecified atom stereocenters. The third-order valence-corrected chi connectivity index (χ3v) is 5.88. The van der Waals surface area contributed by atoms with Gasteiger partial charge in [0.2, 0.25) is 15.9 Å². The van der Waals surface area contributed by atoms with Crippen molar-refractivity contribution in [1.29, 1.82) is 0 Å². The van der Waals surface area contributed by atoms with Crippen LogP contribution in [0.25, 0.3) is 0 Å². The fourth-order valence-corrected chi connectivity index (χ4v) is 4.44. The summed E-state index contributed by atoms with van der Waals surface area (Å²) >= 11 is 0.